The molecule has 1 saturated heterocycles. The van der Waals surface area contributed by atoms with Crippen molar-refractivity contribution in [2.45, 2.75) is 13.5 Å². The molecule has 0 aliphatic carbocycles. The lowest BCUT2D eigenvalue weighted by molar-refractivity contribution is 0.104. The molecular weight excluding hydrogens is 431 g/mol. The number of fused-ring (bicyclic) bond motifs is 1. The van der Waals surface area contributed by atoms with Crippen LogP contribution in [0.1, 0.15) is 21.5 Å². The van der Waals surface area contributed by atoms with Gasteiger partial charge in [-0.15, -0.1) is 0 Å². The molecule has 172 valence electrons. The van der Waals surface area contributed by atoms with Crippen molar-refractivity contribution in [3.05, 3.63) is 81.2 Å². The molecule has 8 heteroatoms. The fourth-order valence-corrected chi connectivity index (χ4v) is 4.04. The fourth-order valence-electron chi connectivity index (χ4n) is 4.04. The highest BCUT2D eigenvalue weighted by molar-refractivity contribution is 6.08. The van der Waals surface area contributed by atoms with Gasteiger partial charge in [-0.1, -0.05) is 35.9 Å². The molecule has 2 aromatic carbocycles. The Morgan fingerprint density at radius 2 is 1.85 bits per heavy atom. The third-order valence-corrected chi connectivity index (χ3v) is 5.76. The lowest BCUT2D eigenvalue weighted by Gasteiger charge is -2.30. The van der Waals surface area contributed by atoms with Crippen LogP contribution in [-0.2, 0) is 6.54 Å². The van der Waals surface area contributed by atoms with Crippen molar-refractivity contribution >= 4 is 28.4 Å². The Balaban J connectivity index is 1.82. The molecule has 0 saturated carbocycles. The topological polar surface area (TPSA) is 54.3 Å². The van der Waals surface area contributed by atoms with E-state index in [2.05, 4.69) is 5.32 Å². The van der Waals surface area contributed by atoms with Crippen LogP contribution in [0.25, 0.3) is 17.0 Å². The Labute approximate surface area is 189 Å². The van der Waals surface area contributed by atoms with Gasteiger partial charge < -0.3 is 14.8 Å². The van der Waals surface area contributed by atoms with E-state index in [-0.39, 0.29) is 28.7 Å². The number of piperazine rings is 1. The Morgan fingerprint density at radius 1 is 1.15 bits per heavy atom. The first-order chi connectivity index (χ1) is 15.9. The molecule has 0 atom stereocenters. The number of alkyl halides is 1. The van der Waals surface area contributed by atoms with Crippen molar-refractivity contribution in [3.63, 3.8) is 0 Å². The van der Waals surface area contributed by atoms with Crippen molar-refractivity contribution in [1.29, 1.82) is 0 Å². The number of nitrogens with one attached hydrogen (secondary N) is 1. The third-order valence-electron chi connectivity index (χ3n) is 5.76. The molecule has 0 bridgehead atoms. The van der Waals surface area contributed by atoms with Crippen molar-refractivity contribution in [1.82, 2.24) is 9.88 Å². The van der Waals surface area contributed by atoms with Gasteiger partial charge in [0.2, 0.25) is 5.43 Å². The van der Waals surface area contributed by atoms with E-state index in [1.165, 1.54) is 10.6 Å². The number of hydrogen-bond acceptors (Lipinski definition) is 4. The zero-order valence-corrected chi connectivity index (χ0v) is 18.2. The van der Waals surface area contributed by atoms with E-state index in [9.17, 15) is 18.4 Å². The van der Waals surface area contributed by atoms with Gasteiger partial charge in [0, 0.05) is 32.4 Å². The summed E-state index contributed by atoms with van der Waals surface area (Å²) in [5.41, 5.74) is 0.320. The summed E-state index contributed by atoms with van der Waals surface area (Å²) in [6.07, 6.45) is 3.95. The van der Waals surface area contributed by atoms with Crippen LogP contribution >= 0.6 is 0 Å². The summed E-state index contributed by atoms with van der Waals surface area (Å²) in [6.45, 7) is 2.74. The highest BCUT2D eigenvalue weighted by Crippen LogP contribution is 2.30. The van der Waals surface area contributed by atoms with E-state index in [0.717, 1.165) is 23.4 Å². The van der Waals surface area contributed by atoms with E-state index in [1.807, 2.05) is 31.2 Å². The quantitative estimate of drug-likeness (QED) is 0.453. The Bertz CT molecular complexity index is 1280. The highest BCUT2D eigenvalue weighted by atomic mass is 19.1. The summed E-state index contributed by atoms with van der Waals surface area (Å²) in [5, 5.41) is 2.83. The number of ketones is 1. The van der Waals surface area contributed by atoms with Crippen LogP contribution in [0, 0.1) is 18.6 Å². The number of aryl methyl sites for hydroxylation is 2. The molecule has 1 N–H and O–H groups in total. The summed E-state index contributed by atoms with van der Waals surface area (Å²) in [5.74, 6) is -2.43. The molecule has 2 heterocycles. The molecule has 0 spiro atoms. The average molecular weight is 455 g/mol. The summed E-state index contributed by atoms with van der Waals surface area (Å²) in [6, 6.07) is 8.37. The smallest absolute Gasteiger partial charge is 0.200 e. The molecule has 4 rings (SSSR count). The van der Waals surface area contributed by atoms with Crippen LogP contribution in [0.15, 0.2) is 47.4 Å². The highest BCUT2D eigenvalue weighted by Gasteiger charge is 2.25. The van der Waals surface area contributed by atoms with Crippen molar-refractivity contribution in [2.75, 3.05) is 37.8 Å². The second-order valence-electron chi connectivity index (χ2n) is 8.02. The zero-order chi connectivity index (χ0) is 23.5. The molecule has 5 nitrogen and oxygen atoms in total. The number of nitrogens with zero attached hydrogens (tertiary/aromatic N) is 2. The second-order valence-corrected chi connectivity index (χ2v) is 8.02. The first-order valence-electron chi connectivity index (χ1n) is 10.8. The maximum atomic E-state index is 15.5. The standard InChI is InChI=1S/C25H24F3N3O2/c1-16-2-4-17(5-3-16)6-7-21(32)19-15-31(11-8-26)23-18(25(19)33)14-20(27)24(22(23)28)30-12-9-29-10-13-30/h2-7,14-15,29H,8-13H2,1H3. The van der Waals surface area contributed by atoms with Crippen LogP contribution in [0.5, 0.6) is 0 Å². The van der Waals surface area contributed by atoms with E-state index >= 15 is 4.39 Å². The summed E-state index contributed by atoms with van der Waals surface area (Å²) in [7, 11) is 0. The number of pyridine rings is 1. The van der Waals surface area contributed by atoms with Crippen LogP contribution in [0.2, 0.25) is 0 Å². The van der Waals surface area contributed by atoms with Gasteiger partial charge in [0.15, 0.2) is 11.6 Å². The van der Waals surface area contributed by atoms with Crippen LogP contribution in [-0.4, -0.2) is 43.2 Å². The Morgan fingerprint density at radius 3 is 2.52 bits per heavy atom. The molecule has 3 aromatic rings. The molecule has 1 aliphatic heterocycles. The third kappa shape index (κ3) is 4.57. The normalized spacial score (nSPS) is 14.4. The zero-order valence-electron chi connectivity index (χ0n) is 18.2. The van der Waals surface area contributed by atoms with E-state index < -0.39 is 29.5 Å². The van der Waals surface area contributed by atoms with Gasteiger partial charge in [-0.05, 0) is 24.6 Å². The monoisotopic (exact) mass is 455 g/mol. The predicted molar refractivity (Wildman–Crippen MR) is 124 cm³/mol. The van der Waals surface area contributed by atoms with E-state index in [0.29, 0.717) is 26.2 Å². The molecule has 33 heavy (non-hydrogen) atoms. The number of carbonyl (C=O) groups excluding carboxylic acids is 1. The Kier molecular flexibility index (Phi) is 6.65. The number of carbonyl (C=O) groups is 1. The number of halogens is 3. The molecule has 1 aliphatic rings. The molecule has 1 fully saturated rings. The van der Waals surface area contributed by atoms with Gasteiger partial charge >= 0.3 is 0 Å². The molecule has 0 radical (unpaired) electrons. The van der Waals surface area contributed by atoms with E-state index in [1.54, 1.807) is 11.0 Å². The van der Waals surface area contributed by atoms with Gasteiger partial charge in [0.05, 0.1) is 23.0 Å². The maximum absolute atomic E-state index is 15.5. The number of allylic oxidation sites excluding steroid dienone is 1. The van der Waals surface area contributed by atoms with Gasteiger partial charge in [0.25, 0.3) is 0 Å². The van der Waals surface area contributed by atoms with Crippen molar-refractivity contribution in [3.8, 4) is 0 Å². The number of hydrogen-bond donors (Lipinski definition) is 1. The maximum Gasteiger partial charge on any atom is 0.200 e. The lowest BCUT2D eigenvalue weighted by atomic mass is 10.0. The minimum atomic E-state index is -0.924. The lowest BCUT2D eigenvalue weighted by Crippen LogP contribution is -2.44. The second kappa shape index (κ2) is 9.62. The van der Waals surface area contributed by atoms with Crippen LogP contribution < -0.4 is 15.6 Å². The minimum absolute atomic E-state index is 0.202. The molecule has 0 amide bonds. The first-order valence-corrected chi connectivity index (χ1v) is 10.8. The molecule has 0 unspecified atom stereocenters. The number of anilines is 1. The number of aromatic nitrogens is 1. The van der Waals surface area contributed by atoms with Gasteiger partial charge in [-0.25, -0.2) is 13.2 Å². The van der Waals surface area contributed by atoms with Gasteiger partial charge in [-0.2, -0.15) is 0 Å². The summed E-state index contributed by atoms with van der Waals surface area (Å²) < 4.78 is 45.0. The summed E-state index contributed by atoms with van der Waals surface area (Å²) >= 11 is 0. The predicted octanol–water partition coefficient (Wildman–Crippen LogP) is 3.86. The molecule has 1 aromatic heterocycles. The first kappa shape index (κ1) is 22.8. The van der Waals surface area contributed by atoms with Crippen LogP contribution in [0.3, 0.4) is 0 Å². The van der Waals surface area contributed by atoms with Crippen LogP contribution in [0.4, 0.5) is 18.9 Å². The number of rotatable bonds is 6. The number of benzene rings is 2. The van der Waals surface area contributed by atoms with Gasteiger partial charge in [-0.3, -0.25) is 9.59 Å². The van der Waals surface area contributed by atoms with E-state index in [4.69, 9.17) is 0 Å². The average Bonchev–Trinajstić information content (AvgIpc) is 2.81. The Hall–Kier alpha value is -3.39. The minimum Gasteiger partial charge on any atom is -0.364 e. The summed E-state index contributed by atoms with van der Waals surface area (Å²) in [4.78, 5) is 27.4. The SMILES string of the molecule is Cc1ccc(C=CC(=O)c2cn(CCF)c3c(F)c(N4CCNCC4)c(F)cc3c2=O)cc1. The van der Waals surface area contributed by atoms with Gasteiger partial charge in [0.1, 0.15) is 18.2 Å². The van der Waals surface area contributed by atoms with Crippen molar-refractivity contribution in [2.24, 2.45) is 0 Å². The van der Waals surface area contributed by atoms with Crippen molar-refractivity contribution < 1.29 is 18.0 Å². The fraction of sp³-hybridized carbons (Fsp3) is 0.280. The molecular formula is C25H24F3N3O2. The largest absolute Gasteiger partial charge is 0.364 e.